The molecule has 2 fully saturated rings. The predicted octanol–water partition coefficient (Wildman–Crippen LogP) is 4.78. The summed E-state index contributed by atoms with van der Waals surface area (Å²) in [7, 11) is -5.34. The highest BCUT2D eigenvalue weighted by Crippen LogP contribution is 2.48. The van der Waals surface area contributed by atoms with E-state index < -0.39 is 20.2 Å². The molecule has 5 rings (SSSR count). The molecule has 34 heavy (non-hydrogen) atoms. The zero-order valence-corrected chi connectivity index (χ0v) is 19.2. The van der Waals surface area contributed by atoms with Crippen LogP contribution < -0.4 is 4.90 Å². The third-order valence-corrected chi connectivity index (χ3v) is 8.25. The van der Waals surface area contributed by atoms with Crippen molar-refractivity contribution in [1.29, 1.82) is 0 Å². The van der Waals surface area contributed by atoms with E-state index in [1.54, 1.807) is 6.20 Å². The minimum Gasteiger partial charge on any atom is -0.357 e. The fraction of sp³-hybridized carbons (Fsp3) is 0.320. The second-order valence-electron chi connectivity index (χ2n) is 9.01. The van der Waals surface area contributed by atoms with Gasteiger partial charge in [0.1, 0.15) is 0 Å². The van der Waals surface area contributed by atoms with E-state index in [1.165, 1.54) is 28.8 Å². The van der Waals surface area contributed by atoms with E-state index >= 15 is 0 Å². The molecule has 1 aliphatic heterocycles. The normalized spacial score (nSPS) is 17.9. The topological polar surface area (TPSA) is 53.5 Å². The average molecular weight is 488 g/mol. The Morgan fingerprint density at radius 2 is 1.65 bits per heavy atom. The van der Waals surface area contributed by atoms with Gasteiger partial charge in [-0.25, -0.2) is 8.42 Å². The van der Waals surface area contributed by atoms with E-state index in [1.807, 2.05) is 30.5 Å². The molecule has 1 aromatic heterocycles. The largest absolute Gasteiger partial charge is 0.501 e. The van der Waals surface area contributed by atoms with Crippen LogP contribution in [0.15, 0.2) is 78.0 Å². The lowest BCUT2D eigenvalue weighted by atomic mass is 10.0. The summed E-state index contributed by atoms with van der Waals surface area (Å²) in [5.41, 5.74) is -0.949. The van der Waals surface area contributed by atoms with Crippen LogP contribution in [0, 0.1) is 0 Å². The SMILES string of the molecule is O=S(=O)(c1ccc(N2CN(Cc3ccncc3Cc3ccccc3)C3(CC3)C2)cc1)C(F)(F)F. The van der Waals surface area contributed by atoms with Gasteiger partial charge in [0.05, 0.1) is 11.6 Å². The number of rotatable bonds is 6. The lowest BCUT2D eigenvalue weighted by molar-refractivity contribution is -0.0436. The Morgan fingerprint density at radius 3 is 2.29 bits per heavy atom. The van der Waals surface area contributed by atoms with Gasteiger partial charge < -0.3 is 4.90 Å². The highest BCUT2D eigenvalue weighted by molar-refractivity contribution is 7.92. The second kappa shape index (κ2) is 8.39. The Bertz CT molecular complexity index is 1270. The number of sulfone groups is 1. The standard InChI is InChI=1S/C25H24F3N3O2S/c26-25(27,28)34(32,33)23-8-6-22(7-9-23)30-17-24(11-12-24)31(18-30)16-20-10-13-29-15-21(20)14-19-4-2-1-3-5-19/h1-10,13,15H,11-12,14,16-18H2. The zero-order valence-electron chi connectivity index (χ0n) is 18.4. The molecule has 0 bridgehead atoms. The van der Waals surface area contributed by atoms with Gasteiger partial charge >= 0.3 is 5.51 Å². The van der Waals surface area contributed by atoms with Crippen molar-refractivity contribution >= 4 is 15.5 Å². The first kappa shape index (κ1) is 22.9. The highest BCUT2D eigenvalue weighted by Gasteiger charge is 2.53. The second-order valence-corrected chi connectivity index (χ2v) is 11.0. The first-order chi connectivity index (χ1) is 16.2. The molecule has 1 aliphatic carbocycles. The molecule has 0 N–H and O–H groups in total. The fourth-order valence-electron chi connectivity index (χ4n) is 4.63. The number of alkyl halides is 3. The van der Waals surface area contributed by atoms with E-state index in [0.29, 0.717) is 12.4 Å². The van der Waals surface area contributed by atoms with Gasteiger partial charge in [-0.05, 0) is 66.3 Å². The smallest absolute Gasteiger partial charge is 0.357 e. The summed E-state index contributed by atoms with van der Waals surface area (Å²) in [6, 6.07) is 17.3. The van der Waals surface area contributed by atoms with Gasteiger partial charge in [-0.15, -0.1) is 0 Å². The van der Waals surface area contributed by atoms with Gasteiger partial charge in [0.25, 0.3) is 9.84 Å². The lowest BCUT2D eigenvalue weighted by Gasteiger charge is -2.24. The summed E-state index contributed by atoms with van der Waals surface area (Å²) >= 11 is 0. The number of hydrogen-bond acceptors (Lipinski definition) is 5. The zero-order chi connectivity index (χ0) is 24.0. The lowest BCUT2D eigenvalue weighted by Crippen LogP contribution is -2.32. The van der Waals surface area contributed by atoms with Gasteiger partial charge in [-0.2, -0.15) is 13.2 Å². The molecule has 2 heterocycles. The maximum atomic E-state index is 12.8. The molecule has 2 aliphatic rings. The van der Waals surface area contributed by atoms with Crippen LogP contribution in [0.2, 0.25) is 0 Å². The summed E-state index contributed by atoms with van der Waals surface area (Å²) in [6.07, 6.45) is 6.63. The van der Waals surface area contributed by atoms with Crippen LogP contribution in [-0.4, -0.2) is 42.6 Å². The third-order valence-electron chi connectivity index (χ3n) is 6.74. The van der Waals surface area contributed by atoms with Gasteiger partial charge in [-0.1, -0.05) is 30.3 Å². The quantitative estimate of drug-likeness (QED) is 0.501. The van der Waals surface area contributed by atoms with Gasteiger partial charge in [-0.3, -0.25) is 9.88 Å². The number of aromatic nitrogens is 1. The molecule has 0 unspecified atom stereocenters. The Labute approximate surface area is 196 Å². The van der Waals surface area contributed by atoms with Crippen molar-refractivity contribution in [3.05, 3.63) is 89.7 Å². The van der Waals surface area contributed by atoms with Crippen LogP contribution in [0.1, 0.15) is 29.5 Å². The van der Waals surface area contributed by atoms with E-state index in [4.69, 9.17) is 0 Å². The third kappa shape index (κ3) is 4.30. The van der Waals surface area contributed by atoms with Gasteiger partial charge in [0.15, 0.2) is 0 Å². The molecular weight excluding hydrogens is 463 g/mol. The molecule has 1 saturated carbocycles. The predicted molar refractivity (Wildman–Crippen MR) is 123 cm³/mol. The summed E-state index contributed by atoms with van der Waals surface area (Å²) in [5, 5.41) is 0. The van der Waals surface area contributed by atoms with Crippen LogP contribution in [0.5, 0.6) is 0 Å². The van der Waals surface area contributed by atoms with Crippen molar-refractivity contribution in [1.82, 2.24) is 9.88 Å². The molecule has 0 atom stereocenters. The van der Waals surface area contributed by atoms with E-state index in [-0.39, 0.29) is 5.54 Å². The minimum absolute atomic E-state index is 0.0456. The number of anilines is 1. The van der Waals surface area contributed by atoms with E-state index in [2.05, 4.69) is 26.9 Å². The van der Waals surface area contributed by atoms with Gasteiger partial charge in [0.2, 0.25) is 0 Å². The fourth-order valence-corrected chi connectivity index (χ4v) is 5.39. The summed E-state index contributed by atoms with van der Waals surface area (Å²) in [4.78, 5) is 8.10. The van der Waals surface area contributed by atoms with E-state index in [9.17, 15) is 21.6 Å². The number of halogens is 3. The van der Waals surface area contributed by atoms with Crippen molar-refractivity contribution in [3.63, 3.8) is 0 Å². The number of nitrogens with zero attached hydrogens (tertiary/aromatic N) is 3. The maximum Gasteiger partial charge on any atom is 0.501 e. The van der Waals surface area contributed by atoms with Crippen molar-refractivity contribution in [3.8, 4) is 0 Å². The Balaban J connectivity index is 1.33. The summed E-state index contributed by atoms with van der Waals surface area (Å²) in [6.45, 7) is 2.14. The van der Waals surface area contributed by atoms with Crippen LogP contribution in [0.3, 0.4) is 0 Å². The van der Waals surface area contributed by atoms with Crippen molar-refractivity contribution in [2.45, 2.75) is 41.7 Å². The van der Waals surface area contributed by atoms with Crippen LogP contribution >= 0.6 is 0 Å². The maximum absolute atomic E-state index is 12.8. The molecule has 0 radical (unpaired) electrons. The Kier molecular flexibility index (Phi) is 5.64. The van der Waals surface area contributed by atoms with Crippen molar-refractivity contribution in [2.24, 2.45) is 0 Å². The van der Waals surface area contributed by atoms with Crippen LogP contribution in [-0.2, 0) is 22.8 Å². The monoisotopic (exact) mass is 487 g/mol. The number of benzene rings is 2. The highest BCUT2D eigenvalue weighted by atomic mass is 32.2. The average Bonchev–Trinajstić information content (AvgIpc) is 3.51. The van der Waals surface area contributed by atoms with Crippen molar-refractivity contribution in [2.75, 3.05) is 18.1 Å². The van der Waals surface area contributed by atoms with Crippen LogP contribution in [0.25, 0.3) is 0 Å². The van der Waals surface area contributed by atoms with Crippen LogP contribution in [0.4, 0.5) is 18.9 Å². The molecule has 1 spiro atoms. The molecule has 178 valence electrons. The van der Waals surface area contributed by atoms with E-state index in [0.717, 1.165) is 44.5 Å². The number of pyridine rings is 1. The Morgan fingerprint density at radius 1 is 0.941 bits per heavy atom. The molecule has 1 saturated heterocycles. The molecular formula is C25H24F3N3O2S. The first-order valence-electron chi connectivity index (χ1n) is 11.1. The molecule has 3 aromatic rings. The molecule has 5 nitrogen and oxygen atoms in total. The molecule has 0 amide bonds. The Hall–Kier alpha value is -2.91. The van der Waals surface area contributed by atoms with Crippen molar-refractivity contribution < 1.29 is 21.6 Å². The molecule has 9 heteroatoms. The summed E-state index contributed by atoms with van der Waals surface area (Å²) < 4.78 is 61.9. The minimum atomic E-state index is -5.34. The summed E-state index contributed by atoms with van der Waals surface area (Å²) in [5.74, 6) is 0. The molecule has 2 aromatic carbocycles. The first-order valence-corrected chi connectivity index (χ1v) is 12.5. The number of hydrogen-bond donors (Lipinski definition) is 0. The van der Waals surface area contributed by atoms with Gasteiger partial charge in [0, 0.05) is 36.7 Å².